The molecule has 0 aliphatic rings. The molecule has 0 saturated heterocycles. The summed E-state index contributed by atoms with van der Waals surface area (Å²) < 4.78 is 1.06. The molecular formula is C12H17N3O4. The third-order valence-electron chi connectivity index (χ3n) is 2.63. The molecule has 0 radical (unpaired) electrons. The lowest BCUT2D eigenvalue weighted by molar-refractivity contribution is -0.385. The number of nitrogens with one attached hydrogen (secondary N) is 1. The third-order valence-corrected chi connectivity index (χ3v) is 2.63. The van der Waals surface area contributed by atoms with E-state index >= 15 is 0 Å². The lowest BCUT2D eigenvalue weighted by atomic mass is 10.3. The Balaban J connectivity index is 2.85. The average molecular weight is 267 g/mol. The van der Waals surface area contributed by atoms with Crippen LogP contribution in [0, 0.1) is 17.0 Å². The minimum Gasteiger partial charge on any atom is -0.355 e. The van der Waals surface area contributed by atoms with Gasteiger partial charge in [0.15, 0.2) is 0 Å². The standard InChI is InChI=1S/C12H17N3O4/c1-3-4-5-13-11(16)8-14-7-10(15(18)19)6-9(2)12(14)17/h6-7H,3-5,8H2,1-2H3,(H,13,16). The van der Waals surface area contributed by atoms with Gasteiger partial charge in [0.05, 0.1) is 11.1 Å². The number of unbranched alkanes of at least 4 members (excludes halogenated alkanes) is 1. The van der Waals surface area contributed by atoms with Gasteiger partial charge in [0.1, 0.15) is 6.54 Å². The van der Waals surface area contributed by atoms with E-state index in [1.54, 1.807) is 0 Å². The van der Waals surface area contributed by atoms with Crippen molar-refractivity contribution in [2.45, 2.75) is 33.2 Å². The van der Waals surface area contributed by atoms with E-state index < -0.39 is 10.5 Å². The van der Waals surface area contributed by atoms with Crippen molar-refractivity contribution in [3.05, 3.63) is 38.3 Å². The van der Waals surface area contributed by atoms with E-state index in [0.717, 1.165) is 23.6 Å². The first-order chi connectivity index (χ1) is 8.95. The molecule has 0 fully saturated rings. The van der Waals surface area contributed by atoms with Crippen LogP contribution in [0.1, 0.15) is 25.3 Å². The zero-order valence-corrected chi connectivity index (χ0v) is 11.0. The maximum absolute atomic E-state index is 11.8. The molecule has 0 spiro atoms. The molecule has 0 aliphatic heterocycles. The van der Waals surface area contributed by atoms with Crippen LogP contribution in [0.4, 0.5) is 5.69 Å². The van der Waals surface area contributed by atoms with Gasteiger partial charge in [-0.15, -0.1) is 0 Å². The molecule has 1 aromatic rings. The van der Waals surface area contributed by atoms with E-state index in [9.17, 15) is 19.7 Å². The maximum Gasteiger partial charge on any atom is 0.286 e. The van der Waals surface area contributed by atoms with E-state index in [0.29, 0.717) is 6.54 Å². The molecule has 0 bridgehead atoms. The minimum absolute atomic E-state index is 0.196. The van der Waals surface area contributed by atoms with Gasteiger partial charge in [-0.05, 0) is 13.3 Å². The fraction of sp³-hybridized carbons (Fsp3) is 0.500. The molecule has 1 heterocycles. The van der Waals surface area contributed by atoms with Crippen LogP contribution >= 0.6 is 0 Å². The number of pyridine rings is 1. The summed E-state index contributed by atoms with van der Waals surface area (Å²) in [6, 6.07) is 1.20. The van der Waals surface area contributed by atoms with Crippen LogP contribution in [0.3, 0.4) is 0 Å². The summed E-state index contributed by atoms with van der Waals surface area (Å²) in [5.41, 5.74) is -0.342. The largest absolute Gasteiger partial charge is 0.355 e. The van der Waals surface area contributed by atoms with Crippen molar-refractivity contribution in [1.82, 2.24) is 9.88 Å². The Morgan fingerprint density at radius 3 is 2.79 bits per heavy atom. The van der Waals surface area contributed by atoms with Gasteiger partial charge in [0.2, 0.25) is 5.91 Å². The number of carbonyl (C=O) groups is 1. The Kier molecular flexibility index (Phi) is 5.23. The van der Waals surface area contributed by atoms with Crippen LogP contribution in [-0.4, -0.2) is 21.9 Å². The number of hydrogen-bond acceptors (Lipinski definition) is 4. The minimum atomic E-state index is -0.585. The predicted molar refractivity (Wildman–Crippen MR) is 70.0 cm³/mol. The third kappa shape index (κ3) is 4.20. The van der Waals surface area contributed by atoms with E-state index in [1.165, 1.54) is 13.0 Å². The van der Waals surface area contributed by atoms with E-state index in [-0.39, 0.29) is 23.7 Å². The highest BCUT2D eigenvalue weighted by molar-refractivity contribution is 5.75. The zero-order chi connectivity index (χ0) is 14.4. The SMILES string of the molecule is CCCCNC(=O)Cn1cc([N+](=O)[O-])cc(C)c1=O. The average Bonchev–Trinajstić information content (AvgIpc) is 2.34. The van der Waals surface area contributed by atoms with Gasteiger partial charge in [-0.2, -0.15) is 0 Å². The smallest absolute Gasteiger partial charge is 0.286 e. The van der Waals surface area contributed by atoms with Crippen molar-refractivity contribution < 1.29 is 9.72 Å². The molecular weight excluding hydrogens is 250 g/mol. The second-order valence-corrected chi connectivity index (χ2v) is 4.27. The molecule has 19 heavy (non-hydrogen) atoms. The molecule has 1 N–H and O–H groups in total. The van der Waals surface area contributed by atoms with Gasteiger partial charge in [-0.1, -0.05) is 13.3 Å². The van der Waals surface area contributed by atoms with Gasteiger partial charge < -0.3 is 5.32 Å². The number of amides is 1. The van der Waals surface area contributed by atoms with Crippen molar-refractivity contribution in [3.8, 4) is 0 Å². The number of carbonyl (C=O) groups excluding carboxylic acids is 1. The van der Waals surface area contributed by atoms with Gasteiger partial charge in [0, 0.05) is 18.2 Å². The molecule has 1 rings (SSSR count). The normalized spacial score (nSPS) is 10.2. The second kappa shape index (κ2) is 6.67. The van der Waals surface area contributed by atoms with Crippen LogP contribution in [0.15, 0.2) is 17.1 Å². The van der Waals surface area contributed by atoms with Crippen molar-refractivity contribution in [2.24, 2.45) is 0 Å². The van der Waals surface area contributed by atoms with Crippen molar-refractivity contribution in [3.63, 3.8) is 0 Å². The molecule has 0 saturated carbocycles. The molecule has 0 unspecified atom stereocenters. The number of rotatable bonds is 6. The highest BCUT2D eigenvalue weighted by Gasteiger charge is 2.13. The Bertz CT molecular complexity index is 536. The van der Waals surface area contributed by atoms with Crippen LogP contribution in [0.5, 0.6) is 0 Å². The molecule has 7 nitrogen and oxygen atoms in total. The molecule has 0 aliphatic carbocycles. The van der Waals surface area contributed by atoms with Gasteiger partial charge in [0.25, 0.3) is 11.2 Å². The second-order valence-electron chi connectivity index (χ2n) is 4.27. The summed E-state index contributed by atoms with van der Waals surface area (Å²) in [4.78, 5) is 33.5. The lowest BCUT2D eigenvalue weighted by Gasteiger charge is -2.07. The Hall–Kier alpha value is -2.18. The summed E-state index contributed by atoms with van der Waals surface area (Å²) >= 11 is 0. The van der Waals surface area contributed by atoms with Gasteiger partial charge in [-0.3, -0.25) is 24.3 Å². The topological polar surface area (TPSA) is 94.2 Å². The Morgan fingerprint density at radius 2 is 2.21 bits per heavy atom. The fourth-order valence-corrected chi connectivity index (χ4v) is 1.60. The highest BCUT2D eigenvalue weighted by atomic mass is 16.6. The zero-order valence-electron chi connectivity index (χ0n) is 11.0. The summed E-state index contributed by atoms with van der Waals surface area (Å²) in [6.07, 6.45) is 2.90. The Labute approximate surface area is 110 Å². The molecule has 7 heteroatoms. The predicted octanol–water partition coefficient (Wildman–Crippen LogP) is 0.981. The molecule has 1 aromatic heterocycles. The molecule has 0 aromatic carbocycles. The van der Waals surface area contributed by atoms with Crippen molar-refractivity contribution in [2.75, 3.05) is 6.54 Å². The fourth-order valence-electron chi connectivity index (χ4n) is 1.60. The van der Waals surface area contributed by atoms with E-state index in [1.807, 2.05) is 6.92 Å². The van der Waals surface area contributed by atoms with Crippen molar-refractivity contribution in [1.29, 1.82) is 0 Å². The Morgan fingerprint density at radius 1 is 1.53 bits per heavy atom. The van der Waals surface area contributed by atoms with Gasteiger partial charge >= 0.3 is 0 Å². The molecule has 104 valence electrons. The first kappa shape index (κ1) is 14.9. The van der Waals surface area contributed by atoms with E-state index in [4.69, 9.17) is 0 Å². The molecule has 0 atom stereocenters. The maximum atomic E-state index is 11.8. The van der Waals surface area contributed by atoms with Crippen molar-refractivity contribution >= 4 is 11.6 Å². The monoisotopic (exact) mass is 267 g/mol. The number of aromatic nitrogens is 1. The first-order valence-electron chi connectivity index (χ1n) is 6.08. The summed E-state index contributed by atoms with van der Waals surface area (Å²) in [5, 5.41) is 13.4. The number of aryl methyl sites for hydroxylation is 1. The quantitative estimate of drug-likeness (QED) is 0.472. The number of hydrogen-bond donors (Lipinski definition) is 1. The van der Waals surface area contributed by atoms with Gasteiger partial charge in [-0.25, -0.2) is 0 Å². The van der Waals surface area contributed by atoms with Crippen LogP contribution < -0.4 is 10.9 Å². The molecule has 1 amide bonds. The summed E-state index contributed by atoms with van der Waals surface area (Å²) in [5.74, 6) is -0.324. The van der Waals surface area contributed by atoms with Crippen LogP contribution in [0.2, 0.25) is 0 Å². The van der Waals surface area contributed by atoms with Crippen LogP contribution in [0.25, 0.3) is 0 Å². The summed E-state index contributed by atoms with van der Waals surface area (Å²) in [6.45, 7) is 3.82. The number of nitrogens with zero attached hydrogens (tertiary/aromatic N) is 2. The van der Waals surface area contributed by atoms with Crippen LogP contribution in [-0.2, 0) is 11.3 Å². The lowest BCUT2D eigenvalue weighted by Crippen LogP contribution is -2.33. The highest BCUT2D eigenvalue weighted by Crippen LogP contribution is 2.09. The summed E-state index contributed by atoms with van der Waals surface area (Å²) in [7, 11) is 0. The van der Waals surface area contributed by atoms with E-state index in [2.05, 4.69) is 5.32 Å². The first-order valence-corrected chi connectivity index (χ1v) is 6.08. The number of nitro groups is 1.